The SMILES string of the molecule is Cc1cccc(C(O)C(C)C(C)(C)C)c1. The fourth-order valence-corrected chi connectivity index (χ4v) is 1.62. The van der Waals surface area contributed by atoms with Gasteiger partial charge in [0.05, 0.1) is 6.10 Å². The van der Waals surface area contributed by atoms with Gasteiger partial charge in [0, 0.05) is 0 Å². The maximum Gasteiger partial charge on any atom is 0.0820 e. The summed E-state index contributed by atoms with van der Waals surface area (Å²) in [5, 5.41) is 10.2. The Morgan fingerprint density at radius 1 is 1.20 bits per heavy atom. The molecule has 0 fully saturated rings. The van der Waals surface area contributed by atoms with E-state index in [0.29, 0.717) is 0 Å². The normalized spacial score (nSPS) is 16.1. The van der Waals surface area contributed by atoms with E-state index in [1.54, 1.807) is 0 Å². The molecule has 1 heteroatoms. The van der Waals surface area contributed by atoms with Crippen LogP contribution in [0.15, 0.2) is 24.3 Å². The first kappa shape index (κ1) is 12.3. The first-order valence-electron chi connectivity index (χ1n) is 5.57. The molecule has 0 aliphatic rings. The molecular weight excluding hydrogens is 184 g/mol. The zero-order valence-electron chi connectivity index (χ0n) is 10.4. The summed E-state index contributed by atoms with van der Waals surface area (Å²) < 4.78 is 0. The Balaban J connectivity index is 2.90. The van der Waals surface area contributed by atoms with E-state index in [2.05, 4.69) is 46.8 Å². The summed E-state index contributed by atoms with van der Waals surface area (Å²) in [6.07, 6.45) is -0.370. The van der Waals surface area contributed by atoms with Crippen LogP contribution in [0.1, 0.15) is 44.9 Å². The van der Waals surface area contributed by atoms with E-state index in [1.165, 1.54) is 5.56 Å². The maximum absolute atomic E-state index is 10.2. The number of aryl methyl sites for hydroxylation is 1. The number of benzene rings is 1. The van der Waals surface area contributed by atoms with Crippen LogP contribution in [0.2, 0.25) is 0 Å². The molecule has 0 radical (unpaired) electrons. The van der Waals surface area contributed by atoms with Gasteiger partial charge in [0.25, 0.3) is 0 Å². The van der Waals surface area contributed by atoms with Gasteiger partial charge in [0.2, 0.25) is 0 Å². The lowest BCUT2D eigenvalue weighted by molar-refractivity contribution is 0.0535. The Labute approximate surface area is 93.1 Å². The van der Waals surface area contributed by atoms with Crippen molar-refractivity contribution in [2.75, 3.05) is 0 Å². The highest BCUT2D eigenvalue weighted by Crippen LogP contribution is 2.35. The molecule has 1 N–H and O–H groups in total. The van der Waals surface area contributed by atoms with Crippen molar-refractivity contribution in [2.24, 2.45) is 11.3 Å². The maximum atomic E-state index is 10.2. The molecule has 2 atom stereocenters. The van der Waals surface area contributed by atoms with Crippen LogP contribution in [0.3, 0.4) is 0 Å². The molecule has 1 aromatic carbocycles. The molecule has 15 heavy (non-hydrogen) atoms. The number of aliphatic hydroxyl groups is 1. The van der Waals surface area contributed by atoms with E-state index < -0.39 is 0 Å². The van der Waals surface area contributed by atoms with Gasteiger partial charge in [-0.15, -0.1) is 0 Å². The summed E-state index contributed by atoms with van der Waals surface area (Å²) in [5.74, 6) is 0.249. The summed E-state index contributed by atoms with van der Waals surface area (Å²) >= 11 is 0. The van der Waals surface area contributed by atoms with E-state index in [4.69, 9.17) is 0 Å². The zero-order valence-corrected chi connectivity index (χ0v) is 10.4. The van der Waals surface area contributed by atoms with Crippen LogP contribution in [-0.4, -0.2) is 5.11 Å². The minimum atomic E-state index is -0.370. The van der Waals surface area contributed by atoms with Gasteiger partial charge in [-0.05, 0) is 23.8 Å². The molecule has 84 valence electrons. The van der Waals surface area contributed by atoms with Gasteiger partial charge >= 0.3 is 0 Å². The van der Waals surface area contributed by atoms with Crippen molar-refractivity contribution in [1.29, 1.82) is 0 Å². The summed E-state index contributed by atoms with van der Waals surface area (Å²) in [7, 11) is 0. The second-order valence-corrected chi connectivity index (χ2v) is 5.51. The Bertz CT molecular complexity index is 322. The topological polar surface area (TPSA) is 20.2 Å². The molecule has 0 saturated heterocycles. The summed E-state index contributed by atoms with van der Waals surface area (Å²) in [5.41, 5.74) is 2.36. The van der Waals surface area contributed by atoms with Crippen molar-refractivity contribution in [3.05, 3.63) is 35.4 Å². The molecule has 2 unspecified atom stereocenters. The van der Waals surface area contributed by atoms with Gasteiger partial charge in [-0.3, -0.25) is 0 Å². The second-order valence-electron chi connectivity index (χ2n) is 5.51. The lowest BCUT2D eigenvalue weighted by Crippen LogP contribution is -2.24. The van der Waals surface area contributed by atoms with Gasteiger partial charge < -0.3 is 5.11 Å². The van der Waals surface area contributed by atoms with Crippen molar-refractivity contribution in [2.45, 2.75) is 40.7 Å². The van der Waals surface area contributed by atoms with Crippen LogP contribution in [0.4, 0.5) is 0 Å². The molecule has 0 heterocycles. The minimum Gasteiger partial charge on any atom is -0.388 e. The smallest absolute Gasteiger partial charge is 0.0820 e. The summed E-state index contributed by atoms with van der Waals surface area (Å²) in [4.78, 5) is 0. The minimum absolute atomic E-state index is 0.128. The fraction of sp³-hybridized carbons (Fsp3) is 0.571. The van der Waals surface area contributed by atoms with E-state index in [9.17, 15) is 5.11 Å². The molecule has 1 aromatic rings. The number of aliphatic hydroxyl groups excluding tert-OH is 1. The van der Waals surface area contributed by atoms with Gasteiger partial charge in [-0.2, -0.15) is 0 Å². The van der Waals surface area contributed by atoms with Crippen LogP contribution < -0.4 is 0 Å². The van der Waals surface area contributed by atoms with Crippen molar-refractivity contribution < 1.29 is 5.11 Å². The second kappa shape index (κ2) is 4.36. The molecule has 0 amide bonds. The van der Waals surface area contributed by atoms with Gasteiger partial charge in [0.1, 0.15) is 0 Å². The van der Waals surface area contributed by atoms with Crippen LogP contribution in [0.25, 0.3) is 0 Å². The van der Waals surface area contributed by atoms with Crippen LogP contribution in [0.5, 0.6) is 0 Å². The van der Waals surface area contributed by atoms with Gasteiger partial charge in [-0.25, -0.2) is 0 Å². The van der Waals surface area contributed by atoms with Crippen molar-refractivity contribution in [3.8, 4) is 0 Å². The van der Waals surface area contributed by atoms with E-state index in [0.717, 1.165) is 5.56 Å². The molecule has 0 saturated carbocycles. The largest absolute Gasteiger partial charge is 0.388 e. The van der Waals surface area contributed by atoms with Crippen molar-refractivity contribution in [1.82, 2.24) is 0 Å². The summed E-state index contributed by atoms with van der Waals surface area (Å²) in [6.45, 7) is 10.6. The zero-order chi connectivity index (χ0) is 11.6. The molecule has 0 spiro atoms. The van der Waals surface area contributed by atoms with Gasteiger partial charge in [-0.1, -0.05) is 57.5 Å². The third-order valence-corrected chi connectivity index (χ3v) is 3.22. The quantitative estimate of drug-likeness (QED) is 0.782. The molecular formula is C14H22O. The first-order chi connectivity index (χ1) is 6.82. The standard InChI is InChI=1S/C14H22O/c1-10-7-6-8-12(9-10)13(15)11(2)14(3,4)5/h6-9,11,13,15H,1-5H3. The molecule has 1 rings (SSSR count). The van der Waals surface area contributed by atoms with E-state index in [-0.39, 0.29) is 17.4 Å². The van der Waals surface area contributed by atoms with E-state index in [1.807, 2.05) is 12.1 Å². The number of hydrogen-bond donors (Lipinski definition) is 1. The van der Waals surface area contributed by atoms with Crippen molar-refractivity contribution >= 4 is 0 Å². The highest BCUT2D eigenvalue weighted by Gasteiger charge is 2.27. The van der Waals surface area contributed by atoms with Crippen LogP contribution in [-0.2, 0) is 0 Å². The predicted molar refractivity (Wildman–Crippen MR) is 64.8 cm³/mol. The Morgan fingerprint density at radius 3 is 2.27 bits per heavy atom. The summed E-state index contributed by atoms with van der Waals surface area (Å²) in [6, 6.07) is 8.12. The predicted octanol–water partition coefficient (Wildman–Crippen LogP) is 3.71. The highest BCUT2D eigenvalue weighted by molar-refractivity contribution is 5.24. The number of hydrogen-bond acceptors (Lipinski definition) is 1. The van der Waals surface area contributed by atoms with Crippen LogP contribution in [0, 0.1) is 18.3 Å². The molecule has 0 aromatic heterocycles. The number of rotatable bonds is 2. The Morgan fingerprint density at radius 2 is 1.80 bits per heavy atom. The Hall–Kier alpha value is -0.820. The van der Waals surface area contributed by atoms with Gasteiger partial charge in [0.15, 0.2) is 0 Å². The highest BCUT2D eigenvalue weighted by atomic mass is 16.3. The third-order valence-electron chi connectivity index (χ3n) is 3.22. The monoisotopic (exact) mass is 206 g/mol. The van der Waals surface area contributed by atoms with Crippen molar-refractivity contribution in [3.63, 3.8) is 0 Å². The average molecular weight is 206 g/mol. The Kier molecular flexibility index (Phi) is 3.56. The molecule has 0 aliphatic carbocycles. The molecule has 1 nitrogen and oxygen atoms in total. The van der Waals surface area contributed by atoms with Crippen LogP contribution >= 0.6 is 0 Å². The van der Waals surface area contributed by atoms with E-state index >= 15 is 0 Å². The molecule has 0 aliphatic heterocycles. The average Bonchev–Trinajstić information content (AvgIpc) is 2.14. The lowest BCUT2D eigenvalue weighted by atomic mass is 9.77. The fourth-order valence-electron chi connectivity index (χ4n) is 1.62. The lowest BCUT2D eigenvalue weighted by Gasteiger charge is -2.31. The third kappa shape index (κ3) is 3.07. The first-order valence-corrected chi connectivity index (χ1v) is 5.57. The molecule has 0 bridgehead atoms.